The number of methoxy groups -OCH3 is 1. The molecule has 0 aliphatic carbocycles. The van der Waals surface area contributed by atoms with Crippen LogP contribution in [0.3, 0.4) is 0 Å². The first-order valence-corrected chi connectivity index (χ1v) is 8.81. The lowest BCUT2D eigenvalue weighted by Gasteiger charge is -2.39. The van der Waals surface area contributed by atoms with Crippen LogP contribution in [0.5, 0.6) is 0 Å². The zero-order valence-electron chi connectivity index (χ0n) is 14.0. The molecule has 0 spiro atoms. The quantitative estimate of drug-likeness (QED) is 0.875. The lowest BCUT2D eigenvalue weighted by atomic mass is 9.95. The predicted octanol–water partition coefficient (Wildman–Crippen LogP) is 3.21. The lowest BCUT2D eigenvalue weighted by molar-refractivity contribution is -0.00466. The van der Waals surface area contributed by atoms with Crippen molar-refractivity contribution in [3.63, 3.8) is 0 Å². The molecule has 4 nitrogen and oxygen atoms in total. The third-order valence-corrected chi connectivity index (χ3v) is 5.35. The summed E-state index contributed by atoms with van der Waals surface area (Å²) in [6.45, 7) is 11.7. The maximum atomic E-state index is 5.70. The van der Waals surface area contributed by atoms with E-state index in [9.17, 15) is 0 Å². The molecule has 21 heavy (non-hydrogen) atoms. The lowest BCUT2D eigenvalue weighted by Crippen LogP contribution is -2.47. The van der Waals surface area contributed by atoms with Crippen LogP contribution in [0.15, 0.2) is 0 Å². The maximum absolute atomic E-state index is 5.70. The van der Waals surface area contributed by atoms with Crippen LogP contribution in [-0.2, 0) is 17.7 Å². The van der Waals surface area contributed by atoms with Gasteiger partial charge in [0.15, 0.2) is 5.13 Å². The van der Waals surface area contributed by atoms with Gasteiger partial charge in [-0.2, -0.15) is 0 Å². The molecule has 5 heteroatoms. The minimum absolute atomic E-state index is 0.0351. The number of hydrogen-bond donors (Lipinski definition) is 1. The summed E-state index contributed by atoms with van der Waals surface area (Å²) in [4.78, 5) is 8.66. The average Bonchev–Trinajstić information content (AvgIpc) is 2.88. The first kappa shape index (κ1) is 16.7. The van der Waals surface area contributed by atoms with Gasteiger partial charge >= 0.3 is 0 Å². The Kier molecular flexibility index (Phi) is 5.63. The molecule has 1 aromatic heterocycles. The van der Waals surface area contributed by atoms with Gasteiger partial charge in [-0.05, 0) is 26.2 Å². The maximum Gasteiger partial charge on any atom is 0.185 e. The van der Waals surface area contributed by atoms with E-state index in [1.54, 1.807) is 0 Å². The summed E-state index contributed by atoms with van der Waals surface area (Å²) in [5.41, 5.74) is 1.21. The van der Waals surface area contributed by atoms with E-state index in [0.29, 0.717) is 6.04 Å². The van der Waals surface area contributed by atoms with E-state index in [2.05, 4.69) is 37.9 Å². The Labute approximate surface area is 132 Å². The van der Waals surface area contributed by atoms with Gasteiger partial charge in [-0.25, -0.2) is 4.98 Å². The van der Waals surface area contributed by atoms with Gasteiger partial charge in [0.25, 0.3) is 0 Å². The summed E-state index contributed by atoms with van der Waals surface area (Å²) in [5.74, 6) is 0. The van der Waals surface area contributed by atoms with Crippen LogP contribution in [0.4, 0.5) is 5.13 Å². The third kappa shape index (κ3) is 4.18. The molecule has 0 aromatic carbocycles. The van der Waals surface area contributed by atoms with E-state index in [1.807, 2.05) is 18.4 Å². The highest BCUT2D eigenvalue weighted by molar-refractivity contribution is 7.15. The summed E-state index contributed by atoms with van der Waals surface area (Å²) < 4.78 is 5.70. The Morgan fingerprint density at radius 2 is 2.24 bits per heavy atom. The molecule has 0 amide bonds. The number of piperidine rings is 1. The summed E-state index contributed by atoms with van der Waals surface area (Å²) in [7, 11) is 1.82. The fourth-order valence-corrected chi connectivity index (χ4v) is 3.88. The van der Waals surface area contributed by atoms with Crippen molar-refractivity contribution in [1.29, 1.82) is 0 Å². The minimum Gasteiger partial charge on any atom is -0.377 e. The molecule has 0 radical (unpaired) electrons. The SMILES string of the molecule is CCc1nc(N2CCCC(C)(OC)C2)sc1CNC(C)C. The Hall–Kier alpha value is -0.650. The molecular formula is C16H29N3OS. The Morgan fingerprint density at radius 1 is 1.48 bits per heavy atom. The Balaban J connectivity index is 2.12. The Bertz CT molecular complexity index is 460. The second-order valence-electron chi connectivity index (χ2n) is 6.43. The smallest absolute Gasteiger partial charge is 0.185 e. The van der Waals surface area contributed by atoms with E-state index in [-0.39, 0.29) is 5.60 Å². The second-order valence-corrected chi connectivity index (χ2v) is 7.50. The number of aryl methyl sites for hydroxylation is 1. The van der Waals surface area contributed by atoms with Gasteiger partial charge in [0, 0.05) is 37.7 Å². The minimum atomic E-state index is -0.0351. The largest absolute Gasteiger partial charge is 0.377 e. The molecule has 1 saturated heterocycles. The van der Waals surface area contributed by atoms with Crippen molar-refractivity contribution in [1.82, 2.24) is 10.3 Å². The number of nitrogens with zero attached hydrogens (tertiary/aromatic N) is 2. The molecule has 2 rings (SSSR count). The van der Waals surface area contributed by atoms with Crippen molar-refractivity contribution in [3.8, 4) is 0 Å². The molecular weight excluding hydrogens is 282 g/mol. The van der Waals surface area contributed by atoms with Crippen LogP contribution in [0, 0.1) is 0 Å². The van der Waals surface area contributed by atoms with Gasteiger partial charge in [0.1, 0.15) is 0 Å². The highest BCUT2D eigenvalue weighted by atomic mass is 32.1. The number of hydrogen-bond acceptors (Lipinski definition) is 5. The number of aromatic nitrogens is 1. The first-order valence-electron chi connectivity index (χ1n) is 7.99. The molecule has 1 N–H and O–H groups in total. The molecule has 1 fully saturated rings. The molecule has 1 aromatic rings. The van der Waals surface area contributed by atoms with E-state index < -0.39 is 0 Å². The third-order valence-electron chi connectivity index (χ3n) is 4.20. The van der Waals surface area contributed by atoms with Crippen LogP contribution in [-0.4, -0.2) is 36.8 Å². The summed E-state index contributed by atoms with van der Waals surface area (Å²) in [6.07, 6.45) is 3.31. The molecule has 1 unspecified atom stereocenters. The van der Waals surface area contributed by atoms with E-state index in [4.69, 9.17) is 9.72 Å². The molecule has 1 aliphatic rings. The van der Waals surface area contributed by atoms with Gasteiger partial charge < -0.3 is 15.0 Å². The number of rotatable bonds is 6. The van der Waals surface area contributed by atoms with Crippen LogP contribution in [0.2, 0.25) is 0 Å². The zero-order valence-corrected chi connectivity index (χ0v) is 14.8. The number of nitrogens with one attached hydrogen (secondary N) is 1. The van der Waals surface area contributed by atoms with E-state index >= 15 is 0 Å². The number of ether oxygens (including phenoxy) is 1. The predicted molar refractivity (Wildman–Crippen MR) is 90.3 cm³/mol. The summed E-state index contributed by atoms with van der Waals surface area (Å²) in [6, 6.07) is 0.507. The summed E-state index contributed by atoms with van der Waals surface area (Å²) >= 11 is 1.84. The molecule has 0 saturated carbocycles. The van der Waals surface area contributed by atoms with Gasteiger partial charge in [-0.1, -0.05) is 20.8 Å². The van der Waals surface area contributed by atoms with Gasteiger partial charge in [-0.15, -0.1) is 11.3 Å². The van der Waals surface area contributed by atoms with E-state index in [1.165, 1.54) is 17.0 Å². The second kappa shape index (κ2) is 7.07. The van der Waals surface area contributed by atoms with Crippen molar-refractivity contribution in [2.75, 3.05) is 25.1 Å². The van der Waals surface area contributed by atoms with Gasteiger partial charge in [0.05, 0.1) is 11.3 Å². The molecule has 1 atom stereocenters. The average molecular weight is 311 g/mol. The van der Waals surface area contributed by atoms with Gasteiger partial charge in [0.2, 0.25) is 0 Å². The fourth-order valence-electron chi connectivity index (χ4n) is 2.75. The first-order chi connectivity index (χ1) is 9.97. The molecule has 1 aliphatic heterocycles. The van der Waals surface area contributed by atoms with Crippen LogP contribution >= 0.6 is 11.3 Å². The van der Waals surface area contributed by atoms with Crippen LogP contribution in [0.25, 0.3) is 0 Å². The van der Waals surface area contributed by atoms with Crippen LogP contribution < -0.4 is 10.2 Å². The van der Waals surface area contributed by atoms with Crippen molar-refractivity contribution in [3.05, 3.63) is 10.6 Å². The molecule has 2 heterocycles. The van der Waals surface area contributed by atoms with Crippen LogP contribution in [0.1, 0.15) is 51.1 Å². The number of thiazole rings is 1. The number of anilines is 1. The van der Waals surface area contributed by atoms with Crippen molar-refractivity contribution < 1.29 is 4.74 Å². The van der Waals surface area contributed by atoms with Crippen molar-refractivity contribution >= 4 is 16.5 Å². The van der Waals surface area contributed by atoms with E-state index in [0.717, 1.165) is 37.6 Å². The van der Waals surface area contributed by atoms with Crippen molar-refractivity contribution in [2.45, 2.75) is 65.1 Å². The molecule has 0 bridgehead atoms. The molecule has 120 valence electrons. The Morgan fingerprint density at radius 3 is 2.86 bits per heavy atom. The standard InChI is InChI=1S/C16H29N3OS/c1-6-13-14(10-17-12(2)3)21-15(18-13)19-9-7-8-16(4,11-19)20-5/h12,17H,6-11H2,1-5H3. The summed E-state index contributed by atoms with van der Waals surface area (Å²) in [5, 5.41) is 4.67. The normalized spacial score (nSPS) is 23.0. The highest BCUT2D eigenvalue weighted by Crippen LogP contribution is 2.32. The van der Waals surface area contributed by atoms with Gasteiger partial charge in [-0.3, -0.25) is 0 Å². The zero-order chi connectivity index (χ0) is 15.5. The fraction of sp³-hybridized carbons (Fsp3) is 0.812. The monoisotopic (exact) mass is 311 g/mol. The topological polar surface area (TPSA) is 37.4 Å². The van der Waals surface area contributed by atoms with Crippen molar-refractivity contribution in [2.24, 2.45) is 0 Å². The highest BCUT2D eigenvalue weighted by Gasteiger charge is 2.32.